The number of carbonyl (C=O) groups is 2. The quantitative estimate of drug-likeness (QED) is 0.659. The largest absolute Gasteiger partial charge is 0.466 e. The lowest BCUT2D eigenvalue weighted by Gasteiger charge is -2.03. The average molecular weight is 309 g/mol. The van der Waals surface area contributed by atoms with Crippen LogP contribution in [-0.2, 0) is 9.53 Å². The van der Waals surface area contributed by atoms with Gasteiger partial charge < -0.3 is 10.1 Å². The Balaban J connectivity index is 1.88. The Morgan fingerprint density at radius 2 is 2.19 bits per heavy atom. The van der Waals surface area contributed by atoms with Crippen LogP contribution in [0.15, 0.2) is 24.3 Å². The van der Waals surface area contributed by atoms with E-state index in [0.717, 1.165) is 4.70 Å². The highest BCUT2D eigenvalue weighted by Crippen LogP contribution is 2.27. The van der Waals surface area contributed by atoms with Crippen LogP contribution in [0.25, 0.3) is 10.1 Å². The first-order valence-electron chi connectivity index (χ1n) is 6.73. The van der Waals surface area contributed by atoms with Gasteiger partial charge in [-0.25, -0.2) is 4.39 Å². The maximum absolute atomic E-state index is 13.6. The van der Waals surface area contributed by atoms with E-state index in [0.29, 0.717) is 29.8 Å². The molecule has 0 unspecified atom stereocenters. The molecule has 0 fully saturated rings. The van der Waals surface area contributed by atoms with Crippen molar-refractivity contribution in [2.24, 2.45) is 0 Å². The molecule has 0 bridgehead atoms. The van der Waals surface area contributed by atoms with Crippen LogP contribution < -0.4 is 5.32 Å². The molecule has 6 heteroatoms. The molecule has 0 atom stereocenters. The number of thiophene rings is 1. The summed E-state index contributed by atoms with van der Waals surface area (Å²) in [5.41, 5.74) is 0. The molecular weight excluding hydrogens is 293 g/mol. The molecule has 2 aromatic rings. The molecule has 4 nitrogen and oxygen atoms in total. The van der Waals surface area contributed by atoms with Crippen molar-refractivity contribution in [2.45, 2.75) is 19.8 Å². The lowest BCUT2D eigenvalue weighted by Crippen LogP contribution is -2.24. The van der Waals surface area contributed by atoms with Crippen LogP contribution in [0.1, 0.15) is 29.4 Å². The lowest BCUT2D eigenvalue weighted by atomic mass is 10.2. The Labute approximate surface area is 125 Å². The van der Waals surface area contributed by atoms with Gasteiger partial charge in [-0.05, 0) is 31.5 Å². The van der Waals surface area contributed by atoms with E-state index in [9.17, 15) is 14.0 Å². The second kappa shape index (κ2) is 7.17. The van der Waals surface area contributed by atoms with Crippen LogP contribution in [0.2, 0.25) is 0 Å². The average Bonchev–Trinajstić information content (AvgIpc) is 2.89. The lowest BCUT2D eigenvalue weighted by molar-refractivity contribution is -0.143. The molecular formula is C15H16FNO3S. The number of esters is 1. The Bertz CT molecular complexity index is 653. The molecule has 1 aromatic heterocycles. The van der Waals surface area contributed by atoms with E-state index in [-0.39, 0.29) is 24.1 Å². The Morgan fingerprint density at radius 3 is 2.90 bits per heavy atom. The second-order valence-corrected chi connectivity index (χ2v) is 5.51. The van der Waals surface area contributed by atoms with Gasteiger partial charge >= 0.3 is 5.97 Å². The first-order chi connectivity index (χ1) is 10.1. The molecule has 0 saturated heterocycles. The highest BCUT2D eigenvalue weighted by molar-refractivity contribution is 7.20. The van der Waals surface area contributed by atoms with E-state index < -0.39 is 0 Å². The van der Waals surface area contributed by atoms with Gasteiger partial charge in [0.25, 0.3) is 5.91 Å². The van der Waals surface area contributed by atoms with Crippen molar-refractivity contribution in [1.82, 2.24) is 5.32 Å². The highest BCUT2D eigenvalue weighted by Gasteiger charge is 2.12. The van der Waals surface area contributed by atoms with Crippen molar-refractivity contribution in [3.05, 3.63) is 35.0 Å². The molecule has 1 amide bonds. The zero-order valence-electron chi connectivity index (χ0n) is 11.6. The number of carbonyl (C=O) groups excluding carboxylic acids is 2. The molecule has 1 heterocycles. The fourth-order valence-electron chi connectivity index (χ4n) is 1.89. The SMILES string of the molecule is CCOC(=O)CCCNC(=O)c1cc2c(F)cccc2s1. The number of ether oxygens (including phenoxy) is 1. The summed E-state index contributed by atoms with van der Waals surface area (Å²) in [6, 6.07) is 6.32. The standard InChI is InChI=1S/C15H16FNO3S/c1-2-20-14(18)7-4-8-17-15(19)13-9-10-11(16)5-3-6-12(10)21-13/h3,5-6,9H,2,4,7-8H2,1H3,(H,17,19). The van der Waals surface area contributed by atoms with Gasteiger partial charge in [0.1, 0.15) is 5.82 Å². The van der Waals surface area contributed by atoms with Crippen LogP contribution in [0, 0.1) is 5.82 Å². The minimum Gasteiger partial charge on any atom is -0.466 e. The number of halogens is 1. The molecule has 0 spiro atoms. The molecule has 0 aliphatic heterocycles. The van der Waals surface area contributed by atoms with Crippen molar-refractivity contribution < 1.29 is 18.7 Å². The highest BCUT2D eigenvalue weighted by atomic mass is 32.1. The van der Waals surface area contributed by atoms with Crippen molar-refractivity contribution in [3.63, 3.8) is 0 Å². The van der Waals surface area contributed by atoms with E-state index in [1.165, 1.54) is 17.4 Å². The van der Waals surface area contributed by atoms with Crippen LogP contribution in [0.4, 0.5) is 4.39 Å². The molecule has 21 heavy (non-hydrogen) atoms. The maximum Gasteiger partial charge on any atom is 0.305 e. The van der Waals surface area contributed by atoms with E-state index in [2.05, 4.69) is 5.32 Å². The smallest absolute Gasteiger partial charge is 0.305 e. The van der Waals surface area contributed by atoms with Gasteiger partial charge in [0.05, 0.1) is 11.5 Å². The number of benzene rings is 1. The van der Waals surface area contributed by atoms with Gasteiger partial charge in [-0.3, -0.25) is 9.59 Å². The van der Waals surface area contributed by atoms with Crippen LogP contribution in [-0.4, -0.2) is 25.0 Å². The van der Waals surface area contributed by atoms with E-state index in [1.807, 2.05) is 0 Å². The number of rotatable bonds is 6. The van der Waals surface area contributed by atoms with E-state index in [1.54, 1.807) is 25.1 Å². The first kappa shape index (κ1) is 15.4. The molecule has 112 valence electrons. The summed E-state index contributed by atoms with van der Waals surface area (Å²) < 4.78 is 19.1. The van der Waals surface area contributed by atoms with Gasteiger partial charge in [0.15, 0.2) is 0 Å². The fraction of sp³-hybridized carbons (Fsp3) is 0.333. The van der Waals surface area contributed by atoms with Gasteiger partial charge in [-0.1, -0.05) is 6.07 Å². The first-order valence-corrected chi connectivity index (χ1v) is 7.55. The Kier molecular flexibility index (Phi) is 5.27. The predicted octanol–water partition coefficient (Wildman–Crippen LogP) is 3.11. The summed E-state index contributed by atoms with van der Waals surface area (Å²) in [4.78, 5) is 23.6. The van der Waals surface area contributed by atoms with Gasteiger partial charge in [0, 0.05) is 23.1 Å². The topological polar surface area (TPSA) is 55.4 Å². The summed E-state index contributed by atoms with van der Waals surface area (Å²) in [6.07, 6.45) is 0.791. The molecule has 0 radical (unpaired) electrons. The summed E-state index contributed by atoms with van der Waals surface area (Å²) in [6.45, 7) is 2.49. The molecule has 0 aliphatic carbocycles. The van der Waals surface area contributed by atoms with Gasteiger partial charge in [-0.15, -0.1) is 11.3 Å². The van der Waals surface area contributed by atoms with Crippen molar-refractivity contribution in [3.8, 4) is 0 Å². The monoisotopic (exact) mass is 309 g/mol. The molecule has 0 saturated carbocycles. The summed E-state index contributed by atoms with van der Waals surface area (Å²) in [5.74, 6) is -0.847. The molecule has 1 aromatic carbocycles. The minimum atomic E-state index is -0.329. The number of hydrogen-bond acceptors (Lipinski definition) is 4. The molecule has 1 N–H and O–H groups in total. The van der Waals surface area contributed by atoms with Crippen LogP contribution >= 0.6 is 11.3 Å². The number of nitrogens with one attached hydrogen (secondary N) is 1. The summed E-state index contributed by atoms with van der Waals surface area (Å²) in [7, 11) is 0. The van der Waals surface area contributed by atoms with Crippen LogP contribution in [0.3, 0.4) is 0 Å². The maximum atomic E-state index is 13.6. The third-order valence-electron chi connectivity index (χ3n) is 2.88. The van der Waals surface area contributed by atoms with Crippen LogP contribution in [0.5, 0.6) is 0 Å². The number of amides is 1. The Hall–Kier alpha value is -1.95. The Morgan fingerprint density at radius 1 is 1.38 bits per heavy atom. The van der Waals surface area contributed by atoms with Crippen molar-refractivity contribution in [2.75, 3.05) is 13.2 Å². The fourth-order valence-corrected chi connectivity index (χ4v) is 2.88. The number of fused-ring (bicyclic) bond motifs is 1. The zero-order valence-corrected chi connectivity index (χ0v) is 12.5. The van der Waals surface area contributed by atoms with Crippen molar-refractivity contribution >= 4 is 33.3 Å². The molecule has 2 rings (SSSR count). The summed E-state index contributed by atoms with van der Waals surface area (Å²) in [5, 5.41) is 3.18. The van der Waals surface area contributed by atoms with E-state index in [4.69, 9.17) is 4.74 Å². The van der Waals surface area contributed by atoms with E-state index >= 15 is 0 Å². The van der Waals surface area contributed by atoms with Gasteiger partial charge in [0.2, 0.25) is 0 Å². The third kappa shape index (κ3) is 4.01. The predicted molar refractivity (Wildman–Crippen MR) is 80.0 cm³/mol. The van der Waals surface area contributed by atoms with Crippen molar-refractivity contribution in [1.29, 1.82) is 0 Å². The zero-order chi connectivity index (χ0) is 15.2. The minimum absolute atomic E-state index is 0.251. The normalized spacial score (nSPS) is 10.6. The summed E-state index contributed by atoms with van der Waals surface area (Å²) >= 11 is 1.25. The number of hydrogen-bond donors (Lipinski definition) is 1. The third-order valence-corrected chi connectivity index (χ3v) is 3.98. The van der Waals surface area contributed by atoms with Gasteiger partial charge in [-0.2, -0.15) is 0 Å². The second-order valence-electron chi connectivity index (χ2n) is 4.43. The molecule has 0 aliphatic rings.